The van der Waals surface area contributed by atoms with Gasteiger partial charge in [0.1, 0.15) is 0 Å². The van der Waals surface area contributed by atoms with Crippen molar-refractivity contribution in [2.45, 2.75) is 33.2 Å². The fraction of sp³-hybridized carbons (Fsp3) is 0.600. The molecule has 1 rings (SSSR count). The van der Waals surface area contributed by atoms with E-state index in [1.54, 1.807) is 0 Å². The van der Waals surface area contributed by atoms with Gasteiger partial charge < -0.3 is 5.32 Å². The van der Waals surface area contributed by atoms with Crippen molar-refractivity contribution < 1.29 is 4.39 Å². The summed E-state index contributed by atoms with van der Waals surface area (Å²) in [6.45, 7) is 6.36. The average molecular weight is 197 g/mol. The smallest absolute Gasteiger partial charge is 0.222 e. The first-order valence-corrected chi connectivity index (χ1v) is 4.87. The Kier molecular flexibility index (Phi) is 3.80. The molecule has 0 fully saturated rings. The zero-order valence-electron chi connectivity index (χ0n) is 8.79. The van der Waals surface area contributed by atoms with Gasteiger partial charge in [0, 0.05) is 6.04 Å². The predicted octanol–water partition coefficient (Wildman–Crippen LogP) is 2.46. The molecule has 0 saturated carbocycles. The molecule has 1 aromatic heterocycles. The van der Waals surface area contributed by atoms with E-state index in [9.17, 15) is 4.39 Å². The minimum Gasteiger partial charge on any atom is -0.352 e. The second kappa shape index (κ2) is 4.88. The Bertz CT molecular complexity index is 273. The maximum absolute atomic E-state index is 12.5. The topological polar surface area (TPSA) is 37.8 Å². The van der Waals surface area contributed by atoms with Gasteiger partial charge in [0.15, 0.2) is 5.82 Å². The van der Waals surface area contributed by atoms with Crippen molar-refractivity contribution in [3.05, 3.63) is 18.2 Å². The summed E-state index contributed by atoms with van der Waals surface area (Å²) < 4.78 is 12.5. The Balaban J connectivity index is 2.56. The Morgan fingerprint density at radius 1 is 1.36 bits per heavy atom. The molecule has 0 aliphatic carbocycles. The Hall–Kier alpha value is -1.19. The van der Waals surface area contributed by atoms with Gasteiger partial charge in [-0.15, -0.1) is 0 Å². The molecule has 1 N–H and O–H groups in total. The number of nitrogens with zero attached hydrogens (tertiary/aromatic N) is 2. The maximum Gasteiger partial charge on any atom is 0.222 e. The number of nitrogens with one attached hydrogen (secondary N) is 1. The van der Waals surface area contributed by atoms with E-state index in [0.29, 0.717) is 17.9 Å². The third-order valence-electron chi connectivity index (χ3n) is 2.47. The van der Waals surface area contributed by atoms with Crippen molar-refractivity contribution in [2.75, 3.05) is 5.32 Å². The second-order valence-corrected chi connectivity index (χ2v) is 3.54. The molecular weight excluding hydrogens is 181 g/mol. The number of halogens is 1. The van der Waals surface area contributed by atoms with E-state index in [1.807, 2.05) is 0 Å². The second-order valence-electron chi connectivity index (χ2n) is 3.54. The fourth-order valence-electron chi connectivity index (χ4n) is 1.09. The summed E-state index contributed by atoms with van der Waals surface area (Å²) in [5.74, 6) is 0.620. The largest absolute Gasteiger partial charge is 0.352 e. The standard InChI is InChI=1S/C10H16FN3/c1-4-7(2)8(3)14-10-12-5-9(11)6-13-10/h5-8H,4H2,1-3H3,(H,12,13,14). The van der Waals surface area contributed by atoms with Crippen LogP contribution in [0.5, 0.6) is 0 Å². The van der Waals surface area contributed by atoms with Gasteiger partial charge in [0.2, 0.25) is 5.95 Å². The molecule has 0 radical (unpaired) electrons. The molecule has 3 nitrogen and oxygen atoms in total. The molecule has 2 atom stereocenters. The van der Waals surface area contributed by atoms with Crippen LogP contribution in [0.15, 0.2) is 12.4 Å². The van der Waals surface area contributed by atoms with Crippen molar-refractivity contribution in [1.29, 1.82) is 0 Å². The normalized spacial score (nSPS) is 14.9. The van der Waals surface area contributed by atoms with Gasteiger partial charge in [-0.25, -0.2) is 14.4 Å². The van der Waals surface area contributed by atoms with Crippen LogP contribution in [-0.4, -0.2) is 16.0 Å². The highest BCUT2D eigenvalue weighted by molar-refractivity contribution is 5.24. The van der Waals surface area contributed by atoms with Gasteiger partial charge in [-0.1, -0.05) is 20.3 Å². The molecule has 2 unspecified atom stereocenters. The molecule has 0 aliphatic rings. The van der Waals surface area contributed by atoms with Gasteiger partial charge in [0.25, 0.3) is 0 Å². The SMILES string of the molecule is CCC(C)C(C)Nc1ncc(F)cn1. The summed E-state index contributed by atoms with van der Waals surface area (Å²) in [5.41, 5.74) is 0. The van der Waals surface area contributed by atoms with Crippen LogP contribution in [0, 0.1) is 11.7 Å². The van der Waals surface area contributed by atoms with Crippen molar-refractivity contribution in [3.63, 3.8) is 0 Å². The van der Waals surface area contributed by atoms with E-state index in [0.717, 1.165) is 6.42 Å². The van der Waals surface area contributed by atoms with E-state index in [2.05, 4.69) is 36.1 Å². The van der Waals surface area contributed by atoms with Crippen molar-refractivity contribution in [2.24, 2.45) is 5.92 Å². The third-order valence-corrected chi connectivity index (χ3v) is 2.47. The van der Waals surface area contributed by atoms with Gasteiger partial charge in [-0.05, 0) is 12.8 Å². The summed E-state index contributed by atoms with van der Waals surface area (Å²) in [5, 5.41) is 3.13. The molecule has 0 bridgehead atoms. The van der Waals surface area contributed by atoms with E-state index in [-0.39, 0.29) is 0 Å². The van der Waals surface area contributed by atoms with Crippen LogP contribution < -0.4 is 5.32 Å². The average Bonchev–Trinajstić information content (AvgIpc) is 2.20. The molecular formula is C10H16FN3. The maximum atomic E-state index is 12.5. The first-order chi connectivity index (χ1) is 6.63. The van der Waals surface area contributed by atoms with Crippen molar-refractivity contribution in [3.8, 4) is 0 Å². The first-order valence-electron chi connectivity index (χ1n) is 4.87. The zero-order chi connectivity index (χ0) is 10.6. The summed E-state index contributed by atoms with van der Waals surface area (Å²) in [7, 11) is 0. The molecule has 14 heavy (non-hydrogen) atoms. The molecule has 1 aromatic rings. The summed E-state index contributed by atoms with van der Waals surface area (Å²) in [6.07, 6.45) is 3.42. The highest BCUT2D eigenvalue weighted by Gasteiger charge is 2.10. The number of anilines is 1. The minimum absolute atomic E-state index is 0.297. The van der Waals surface area contributed by atoms with Crippen LogP contribution >= 0.6 is 0 Å². The number of rotatable bonds is 4. The summed E-state index contributed by atoms with van der Waals surface area (Å²) in [6, 6.07) is 0.297. The van der Waals surface area contributed by atoms with Crippen LogP contribution in [0.2, 0.25) is 0 Å². The van der Waals surface area contributed by atoms with Crippen LogP contribution in [0.3, 0.4) is 0 Å². The van der Waals surface area contributed by atoms with Crippen LogP contribution in [0.4, 0.5) is 10.3 Å². The molecule has 78 valence electrons. The number of aromatic nitrogens is 2. The molecule has 0 saturated heterocycles. The Morgan fingerprint density at radius 3 is 2.43 bits per heavy atom. The highest BCUT2D eigenvalue weighted by Crippen LogP contribution is 2.11. The predicted molar refractivity (Wildman–Crippen MR) is 54.5 cm³/mol. The molecule has 0 aromatic carbocycles. The van der Waals surface area contributed by atoms with Gasteiger partial charge in [0.05, 0.1) is 12.4 Å². The van der Waals surface area contributed by atoms with Crippen LogP contribution in [-0.2, 0) is 0 Å². The first kappa shape index (κ1) is 10.9. The van der Waals surface area contributed by atoms with E-state index in [4.69, 9.17) is 0 Å². The van der Waals surface area contributed by atoms with E-state index in [1.165, 1.54) is 12.4 Å². The van der Waals surface area contributed by atoms with Crippen LogP contribution in [0.25, 0.3) is 0 Å². The van der Waals surface area contributed by atoms with Gasteiger partial charge in [-0.2, -0.15) is 0 Å². The van der Waals surface area contributed by atoms with Gasteiger partial charge >= 0.3 is 0 Å². The fourth-order valence-corrected chi connectivity index (χ4v) is 1.09. The Labute approximate surface area is 83.8 Å². The zero-order valence-corrected chi connectivity index (χ0v) is 8.79. The van der Waals surface area contributed by atoms with E-state index >= 15 is 0 Å². The highest BCUT2D eigenvalue weighted by atomic mass is 19.1. The molecule has 1 heterocycles. The van der Waals surface area contributed by atoms with Crippen molar-refractivity contribution in [1.82, 2.24) is 9.97 Å². The Morgan fingerprint density at radius 2 is 1.93 bits per heavy atom. The summed E-state index contributed by atoms with van der Waals surface area (Å²) >= 11 is 0. The lowest BCUT2D eigenvalue weighted by atomic mass is 10.0. The van der Waals surface area contributed by atoms with Gasteiger partial charge in [-0.3, -0.25) is 0 Å². The lowest BCUT2D eigenvalue weighted by Gasteiger charge is -2.19. The quantitative estimate of drug-likeness (QED) is 0.805. The molecule has 0 aliphatic heterocycles. The monoisotopic (exact) mass is 197 g/mol. The minimum atomic E-state index is -0.410. The molecule has 0 spiro atoms. The number of hydrogen-bond donors (Lipinski definition) is 1. The van der Waals surface area contributed by atoms with Crippen LogP contribution in [0.1, 0.15) is 27.2 Å². The summed E-state index contributed by atoms with van der Waals surface area (Å²) in [4.78, 5) is 7.68. The van der Waals surface area contributed by atoms with E-state index < -0.39 is 5.82 Å². The molecule has 0 amide bonds. The molecule has 4 heteroatoms. The lowest BCUT2D eigenvalue weighted by Crippen LogP contribution is -2.24. The number of hydrogen-bond acceptors (Lipinski definition) is 3. The lowest BCUT2D eigenvalue weighted by molar-refractivity contribution is 0.491. The third kappa shape index (κ3) is 2.94. The van der Waals surface area contributed by atoms with Crippen molar-refractivity contribution >= 4 is 5.95 Å².